The van der Waals surface area contributed by atoms with E-state index < -0.39 is 5.91 Å². The van der Waals surface area contributed by atoms with Gasteiger partial charge in [-0.3, -0.25) is 4.79 Å². The van der Waals surface area contributed by atoms with Gasteiger partial charge in [0.05, 0.1) is 15.6 Å². The number of carbonyl (C=O) groups is 1. The number of amides is 1. The van der Waals surface area contributed by atoms with Gasteiger partial charge in [-0.1, -0.05) is 23.2 Å². The summed E-state index contributed by atoms with van der Waals surface area (Å²) in [6.45, 7) is 1.87. The third-order valence-electron chi connectivity index (χ3n) is 2.66. The first kappa shape index (κ1) is 11.3. The maximum atomic E-state index is 11.2. The van der Waals surface area contributed by atoms with Crippen molar-refractivity contribution in [3.8, 4) is 0 Å². The molecule has 0 atom stereocenters. The maximum Gasteiger partial charge on any atom is 0.265 e. The van der Waals surface area contributed by atoms with E-state index in [0.717, 1.165) is 16.5 Å². The van der Waals surface area contributed by atoms with Crippen LogP contribution in [-0.4, -0.2) is 10.5 Å². The third kappa shape index (κ3) is 1.47. The lowest BCUT2D eigenvalue weighted by Crippen LogP contribution is -2.14. The monoisotopic (exact) mass is 256 g/mol. The molecule has 84 valence electrons. The molecular formula is C11H10Cl2N2O. The van der Waals surface area contributed by atoms with Gasteiger partial charge in [0.15, 0.2) is 0 Å². The fraction of sp³-hybridized carbons (Fsp3) is 0.182. The molecule has 1 aromatic heterocycles. The second kappa shape index (κ2) is 3.68. The highest BCUT2D eigenvalue weighted by Gasteiger charge is 2.15. The quantitative estimate of drug-likeness (QED) is 0.838. The van der Waals surface area contributed by atoms with Crippen LogP contribution in [-0.2, 0) is 7.05 Å². The number of halogens is 2. The van der Waals surface area contributed by atoms with E-state index in [1.54, 1.807) is 17.7 Å². The van der Waals surface area contributed by atoms with Gasteiger partial charge >= 0.3 is 0 Å². The maximum absolute atomic E-state index is 11.2. The van der Waals surface area contributed by atoms with Crippen molar-refractivity contribution in [2.24, 2.45) is 12.8 Å². The Kier molecular flexibility index (Phi) is 2.60. The number of carbonyl (C=O) groups excluding carboxylic acids is 1. The van der Waals surface area contributed by atoms with Crippen LogP contribution in [0.3, 0.4) is 0 Å². The summed E-state index contributed by atoms with van der Waals surface area (Å²) < 4.78 is 1.72. The van der Waals surface area contributed by atoms with E-state index in [4.69, 9.17) is 28.9 Å². The Labute approximate surface area is 103 Å². The van der Waals surface area contributed by atoms with E-state index in [-0.39, 0.29) is 0 Å². The van der Waals surface area contributed by atoms with Crippen molar-refractivity contribution in [3.63, 3.8) is 0 Å². The van der Waals surface area contributed by atoms with Crippen LogP contribution in [0.15, 0.2) is 12.1 Å². The SMILES string of the molecule is Cc1cc2c(cc(C(N)=O)n2C)c(Cl)c1Cl. The second-order valence-electron chi connectivity index (χ2n) is 3.71. The van der Waals surface area contributed by atoms with Crippen LogP contribution in [0, 0.1) is 6.92 Å². The zero-order chi connectivity index (χ0) is 12.0. The van der Waals surface area contributed by atoms with Crippen LogP contribution in [0.4, 0.5) is 0 Å². The number of hydrogen-bond acceptors (Lipinski definition) is 1. The Morgan fingerprint density at radius 3 is 2.50 bits per heavy atom. The molecule has 0 aliphatic heterocycles. The van der Waals surface area contributed by atoms with Crippen molar-refractivity contribution >= 4 is 40.0 Å². The smallest absolute Gasteiger partial charge is 0.265 e. The van der Waals surface area contributed by atoms with Gasteiger partial charge < -0.3 is 10.3 Å². The van der Waals surface area contributed by atoms with Crippen LogP contribution in [0.25, 0.3) is 10.9 Å². The minimum Gasteiger partial charge on any atom is -0.364 e. The Hall–Kier alpha value is -1.19. The number of nitrogens with zero attached hydrogens (tertiary/aromatic N) is 1. The molecule has 5 heteroatoms. The molecule has 0 spiro atoms. The molecule has 2 N–H and O–H groups in total. The van der Waals surface area contributed by atoms with Crippen molar-refractivity contribution in [2.75, 3.05) is 0 Å². The Morgan fingerprint density at radius 2 is 1.94 bits per heavy atom. The van der Waals surface area contributed by atoms with E-state index in [1.807, 2.05) is 13.0 Å². The standard InChI is InChI=1S/C11H10Cl2N2O/c1-5-3-7-6(10(13)9(5)12)4-8(11(14)16)15(7)2/h3-4H,1-2H3,(H2,14,16). The van der Waals surface area contributed by atoms with Gasteiger partial charge in [-0.2, -0.15) is 0 Å². The molecule has 1 amide bonds. The van der Waals surface area contributed by atoms with Crippen LogP contribution >= 0.6 is 23.2 Å². The summed E-state index contributed by atoms with van der Waals surface area (Å²) in [7, 11) is 1.77. The zero-order valence-corrected chi connectivity index (χ0v) is 10.4. The van der Waals surface area contributed by atoms with E-state index in [9.17, 15) is 4.79 Å². The fourth-order valence-corrected chi connectivity index (χ4v) is 2.22. The number of hydrogen-bond donors (Lipinski definition) is 1. The van der Waals surface area contributed by atoms with Crippen molar-refractivity contribution in [1.29, 1.82) is 0 Å². The van der Waals surface area contributed by atoms with E-state index in [0.29, 0.717) is 15.7 Å². The molecule has 16 heavy (non-hydrogen) atoms. The summed E-state index contributed by atoms with van der Waals surface area (Å²) in [5.41, 5.74) is 7.40. The Bertz CT molecular complexity index is 602. The predicted octanol–water partition coefficient (Wildman–Crippen LogP) is 2.89. The average molecular weight is 257 g/mol. The Morgan fingerprint density at radius 1 is 1.31 bits per heavy atom. The normalized spacial score (nSPS) is 11.0. The molecule has 0 fully saturated rings. The number of aryl methyl sites for hydroxylation is 2. The van der Waals surface area contributed by atoms with E-state index in [2.05, 4.69) is 0 Å². The van der Waals surface area contributed by atoms with Gasteiger partial charge in [0.2, 0.25) is 0 Å². The van der Waals surface area contributed by atoms with Crippen LogP contribution in [0.5, 0.6) is 0 Å². The van der Waals surface area contributed by atoms with E-state index >= 15 is 0 Å². The largest absolute Gasteiger partial charge is 0.364 e. The molecule has 1 aromatic carbocycles. The molecule has 1 heterocycles. The first-order valence-electron chi connectivity index (χ1n) is 4.67. The predicted molar refractivity (Wildman–Crippen MR) is 66.2 cm³/mol. The van der Waals surface area contributed by atoms with Crippen molar-refractivity contribution < 1.29 is 4.79 Å². The molecule has 0 bridgehead atoms. The molecule has 2 rings (SSSR count). The molecular weight excluding hydrogens is 247 g/mol. The molecule has 0 unspecified atom stereocenters. The third-order valence-corrected chi connectivity index (χ3v) is 3.64. The van der Waals surface area contributed by atoms with Gasteiger partial charge in [-0.25, -0.2) is 0 Å². The number of rotatable bonds is 1. The highest BCUT2D eigenvalue weighted by Crippen LogP contribution is 2.35. The minimum atomic E-state index is -0.483. The van der Waals surface area contributed by atoms with Crippen LogP contribution in [0.2, 0.25) is 10.0 Å². The molecule has 3 nitrogen and oxygen atoms in total. The van der Waals surface area contributed by atoms with Gasteiger partial charge in [0.25, 0.3) is 5.91 Å². The molecule has 0 saturated carbocycles. The van der Waals surface area contributed by atoms with Crippen LogP contribution < -0.4 is 5.73 Å². The molecule has 0 saturated heterocycles. The second-order valence-corrected chi connectivity index (χ2v) is 4.46. The number of aromatic nitrogens is 1. The number of primary amides is 1. The zero-order valence-electron chi connectivity index (χ0n) is 8.84. The highest BCUT2D eigenvalue weighted by atomic mass is 35.5. The van der Waals surface area contributed by atoms with Gasteiger partial charge in [-0.05, 0) is 24.6 Å². The summed E-state index contributed by atoms with van der Waals surface area (Å²) >= 11 is 12.2. The van der Waals surface area contributed by atoms with Gasteiger partial charge in [0, 0.05) is 12.4 Å². The van der Waals surface area contributed by atoms with Crippen molar-refractivity contribution in [1.82, 2.24) is 4.57 Å². The number of benzene rings is 1. The summed E-state index contributed by atoms with van der Waals surface area (Å²) in [5, 5.41) is 1.71. The molecule has 2 aromatic rings. The molecule has 0 aliphatic carbocycles. The summed E-state index contributed by atoms with van der Waals surface area (Å²) in [5.74, 6) is -0.483. The van der Waals surface area contributed by atoms with Gasteiger partial charge in [0.1, 0.15) is 5.69 Å². The lowest BCUT2D eigenvalue weighted by molar-refractivity contribution is 0.0993. The first-order chi connectivity index (χ1) is 7.43. The summed E-state index contributed by atoms with van der Waals surface area (Å²) in [6.07, 6.45) is 0. The lowest BCUT2D eigenvalue weighted by atomic mass is 10.2. The minimum absolute atomic E-state index is 0.415. The highest BCUT2D eigenvalue weighted by molar-refractivity contribution is 6.45. The fourth-order valence-electron chi connectivity index (χ4n) is 1.76. The lowest BCUT2D eigenvalue weighted by Gasteiger charge is -2.04. The molecule has 0 aliphatic rings. The van der Waals surface area contributed by atoms with E-state index in [1.165, 1.54) is 0 Å². The van der Waals surface area contributed by atoms with Gasteiger partial charge in [-0.15, -0.1) is 0 Å². The summed E-state index contributed by atoms with van der Waals surface area (Å²) in [6, 6.07) is 3.54. The average Bonchev–Trinajstić information content (AvgIpc) is 2.54. The first-order valence-corrected chi connectivity index (χ1v) is 5.43. The number of nitrogens with two attached hydrogens (primary N) is 1. The molecule has 0 radical (unpaired) electrons. The topological polar surface area (TPSA) is 48.0 Å². The van der Waals surface area contributed by atoms with Crippen molar-refractivity contribution in [2.45, 2.75) is 6.92 Å². The number of fused-ring (bicyclic) bond motifs is 1. The van der Waals surface area contributed by atoms with Crippen LogP contribution in [0.1, 0.15) is 16.1 Å². The summed E-state index contributed by atoms with van der Waals surface area (Å²) in [4.78, 5) is 11.2. The Balaban J connectivity index is 2.92. The van der Waals surface area contributed by atoms with Crippen molar-refractivity contribution in [3.05, 3.63) is 33.4 Å².